The Morgan fingerprint density at radius 3 is 1.72 bits per heavy atom. The van der Waals surface area contributed by atoms with Crippen molar-refractivity contribution in [2.45, 2.75) is 42.6 Å². The van der Waals surface area contributed by atoms with E-state index in [1.165, 1.54) is 0 Å². The summed E-state index contributed by atoms with van der Waals surface area (Å²) in [5.74, 6) is -1.04. The molecule has 0 radical (unpaired) electrons. The number of aliphatic hydroxyl groups excluding tert-OH is 1. The van der Waals surface area contributed by atoms with Crippen molar-refractivity contribution in [2.75, 3.05) is 0 Å². The molecule has 0 aromatic carbocycles. The van der Waals surface area contributed by atoms with Crippen LogP contribution in [0.5, 0.6) is 0 Å². The maximum Gasteiger partial charge on any atom is 0.334 e. The van der Waals surface area contributed by atoms with E-state index in [1.54, 1.807) is 50.3 Å². The minimum absolute atomic E-state index is 0.519. The zero-order valence-corrected chi connectivity index (χ0v) is 14.1. The van der Waals surface area contributed by atoms with Crippen LogP contribution in [0.15, 0.2) is 12.7 Å². The molecular formula is C11H22IO5P. The zero-order chi connectivity index (χ0) is 14.9. The van der Waals surface area contributed by atoms with Crippen LogP contribution < -0.4 is 0 Å². The smallest absolute Gasteiger partial charge is 0.334 e. The van der Waals surface area contributed by atoms with Crippen molar-refractivity contribution in [3.05, 3.63) is 12.7 Å². The van der Waals surface area contributed by atoms with Crippen LogP contribution in [0.25, 0.3) is 0 Å². The molecule has 0 saturated carbocycles. The van der Waals surface area contributed by atoms with Crippen LogP contribution in [0, 0.1) is 11.8 Å². The molecule has 0 aliphatic heterocycles. The van der Waals surface area contributed by atoms with Gasteiger partial charge in [0.1, 0.15) is 11.3 Å². The Balaban J connectivity index is 6.07. The van der Waals surface area contributed by atoms with Crippen molar-refractivity contribution >= 4 is 30.2 Å². The first-order chi connectivity index (χ1) is 7.85. The molecular weight excluding hydrogens is 370 g/mol. The second-order valence-corrected chi connectivity index (χ2v) is 8.67. The maximum absolute atomic E-state index is 11.9. The minimum Gasteiger partial charge on any atom is -0.388 e. The first kappa shape index (κ1) is 18.5. The van der Waals surface area contributed by atoms with E-state index in [9.17, 15) is 24.6 Å². The van der Waals surface area contributed by atoms with E-state index >= 15 is 0 Å². The molecule has 0 aliphatic rings. The number of alkyl halides is 1. The molecule has 0 fully saturated rings. The predicted octanol–water partition coefficient (Wildman–Crippen LogP) is 1.89. The first-order valence-corrected chi connectivity index (χ1v) is 8.33. The average Bonchev–Trinajstić information content (AvgIpc) is 2.14. The highest BCUT2D eigenvalue weighted by Crippen LogP contribution is 2.62. The summed E-state index contributed by atoms with van der Waals surface area (Å²) in [6.45, 7) is 9.89. The number of aliphatic hydroxyl groups is 2. The van der Waals surface area contributed by atoms with Gasteiger partial charge in [-0.15, -0.1) is 0 Å². The van der Waals surface area contributed by atoms with Crippen molar-refractivity contribution in [1.82, 2.24) is 0 Å². The van der Waals surface area contributed by atoms with Gasteiger partial charge in [0.2, 0.25) is 0 Å². The average molecular weight is 392 g/mol. The van der Waals surface area contributed by atoms with E-state index in [2.05, 4.69) is 6.58 Å². The van der Waals surface area contributed by atoms with Crippen molar-refractivity contribution in [2.24, 2.45) is 11.8 Å². The Bertz CT molecular complexity index is 339. The molecule has 0 aliphatic carbocycles. The Morgan fingerprint density at radius 1 is 1.22 bits per heavy atom. The van der Waals surface area contributed by atoms with Crippen molar-refractivity contribution in [3.63, 3.8) is 0 Å². The third-order valence-electron chi connectivity index (χ3n) is 3.46. The standard InChI is InChI=1S/C11H22IO5P/c1-6-10(12,14)9(13)11(7(2)3,8(4)5)18(15,16)17/h6-9,13-14H,1H2,2-5H3,(H2,15,16,17)/t9-,10?/m1/s1. The summed E-state index contributed by atoms with van der Waals surface area (Å²) in [7, 11) is -4.65. The van der Waals surface area contributed by atoms with Crippen LogP contribution in [0.1, 0.15) is 27.7 Å². The molecule has 0 heterocycles. The Labute approximate surface area is 122 Å². The molecule has 7 heteroatoms. The molecule has 2 atom stereocenters. The predicted molar refractivity (Wildman–Crippen MR) is 79.6 cm³/mol. The summed E-state index contributed by atoms with van der Waals surface area (Å²) in [6.07, 6.45) is -0.531. The molecule has 0 spiro atoms. The summed E-state index contributed by atoms with van der Waals surface area (Å²) in [4.78, 5) is 19.4. The van der Waals surface area contributed by atoms with Gasteiger partial charge in [-0.25, -0.2) is 0 Å². The zero-order valence-electron chi connectivity index (χ0n) is 11.0. The Hall–Kier alpha value is 0.540. The van der Waals surface area contributed by atoms with Gasteiger partial charge >= 0.3 is 7.60 Å². The molecule has 0 rings (SSSR count). The van der Waals surface area contributed by atoms with Crippen molar-refractivity contribution < 1.29 is 24.6 Å². The third-order valence-corrected chi connectivity index (χ3v) is 6.78. The van der Waals surface area contributed by atoms with Crippen LogP contribution in [0.2, 0.25) is 0 Å². The van der Waals surface area contributed by atoms with Crippen LogP contribution in [0.4, 0.5) is 0 Å². The van der Waals surface area contributed by atoms with Gasteiger partial charge in [-0.3, -0.25) is 4.57 Å². The number of hydrogen-bond donors (Lipinski definition) is 4. The normalized spacial score (nSPS) is 18.8. The second kappa shape index (κ2) is 5.89. The van der Waals surface area contributed by atoms with Gasteiger partial charge < -0.3 is 20.0 Å². The molecule has 0 bridgehead atoms. The Morgan fingerprint density at radius 2 is 1.56 bits per heavy atom. The monoisotopic (exact) mass is 392 g/mol. The third kappa shape index (κ3) is 2.99. The van der Waals surface area contributed by atoms with E-state index in [4.69, 9.17) is 0 Å². The van der Waals surface area contributed by atoms with Crippen LogP contribution in [0.3, 0.4) is 0 Å². The molecule has 18 heavy (non-hydrogen) atoms. The molecule has 0 amide bonds. The number of rotatable bonds is 6. The van der Waals surface area contributed by atoms with Gasteiger partial charge in [-0.1, -0.05) is 34.3 Å². The van der Waals surface area contributed by atoms with E-state index < -0.39 is 34.3 Å². The largest absolute Gasteiger partial charge is 0.388 e. The summed E-state index contributed by atoms with van der Waals surface area (Å²) < 4.78 is 10.1. The summed E-state index contributed by atoms with van der Waals surface area (Å²) in [5.41, 5.74) is 0. The lowest BCUT2D eigenvalue weighted by molar-refractivity contribution is -0.0271. The Kier molecular flexibility index (Phi) is 6.07. The molecule has 108 valence electrons. The SMILES string of the molecule is C=CC(O)(I)[C@@H](O)C(C(C)C)(C(C)C)P(=O)(O)O. The summed E-state index contributed by atoms with van der Waals surface area (Å²) >= 11 is 1.54. The minimum atomic E-state index is -4.65. The van der Waals surface area contributed by atoms with Crippen LogP contribution in [-0.2, 0) is 4.57 Å². The summed E-state index contributed by atoms with van der Waals surface area (Å²) in [6, 6.07) is 0. The topological polar surface area (TPSA) is 98.0 Å². The van der Waals surface area contributed by atoms with Gasteiger partial charge in [0.25, 0.3) is 0 Å². The van der Waals surface area contributed by atoms with Gasteiger partial charge in [-0.2, -0.15) is 0 Å². The fourth-order valence-corrected chi connectivity index (χ4v) is 5.19. The second-order valence-electron chi connectivity index (χ2n) is 5.07. The number of halogens is 1. The maximum atomic E-state index is 11.9. The molecule has 0 aromatic rings. The lowest BCUT2D eigenvalue weighted by atomic mass is 9.78. The van der Waals surface area contributed by atoms with Gasteiger partial charge in [0, 0.05) is 0 Å². The van der Waals surface area contributed by atoms with Gasteiger partial charge in [-0.05, 0) is 40.5 Å². The fourth-order valence-electron chi connectivity index (χ4n) is 2.57. The van der Waals surface area contributed by atoms with E-state index in [1.807, 2.05) is 0 Å². The highest BCUT2D eigenvalue weighted by Gasteiger charge is 2.61. The van der Waals surface area contributed by atoms with E-state index in [0.717, 1.165) is 6.08 Å². The van der Waals surface area contributed by atoms with E-state index in [-0.39, 0.29) is 0 Å². The first-order valence-electron chi connectivity index (χ1n) is 5.64. The molecule has 0 aromatic heterocycles. The highest BCUT2D eigenvalue weighted by molar-refractivity contribution is 14.1. The van der Waals surface area contributed by atoms with Crippen LogP contribution in [-0.4, -0.2) is 34.9 Å². The fraction of sp³-hybridized carbons (Fsp3) is 0.818. The number of hydrogen-bond acceptors (Lipinski definition) is 3. The van der Waals surface area contributed by atoms with Gasteiger partial charge in [0.05, 0.1) is 0 Å². The lowest BCUT2D eigenvalue weighted by Gasteiger charge is -2.47. The van der Waals surface area contributed by atoms with Crippen molar-refractivity contribution in [1.29, 1.82) is 0 Å². The molecule has 5 nitrogen and oxygen atoms in total. The summed E-state index contributed by atoms with van der Waals surface area (Å²) in [5, 5.41) is 18.7. The van der Waals surface area contributed by atoms with Gasteiger partial charge in [0.15, 0.2) is 3.61 Å². The van der Waals surface area contributed by atoms with Crippen LogP contribution >= 0.6 is 30.2 Å². The van der Waals surface area contributed by atoms with Crippen molar-refractivity contribution in [3.8, 4) is 0 Å². The highest BCUT2D eigenvalue weighted by atomic mass is 127. The lowest BCUT2D eigenvalue weighted by Crippen LogP contribution is -2.58. The molecule has 1 unspecified atom stereocenters. The quantitative estimate of drug-likeness (QED) is 0.240. The molecule has 4 N–H and O–H groups in total. The molecule has 0 saturated heterocycles. The van der Waals surface area contributed by atoms with E-state index in [0.29, 0.717) is 0 Å².